The van der Waals surface area contributed by atoms with Crippen LogP contribution in [-0.4, -0.2) is 33.6 Å². The van der Waals surface area contributed by atoms with E-state index in [9.17, 15) is 4.79 Å². The van der Waals surface area contributed by atoms with Crippen molar-refractivity contribution >= 4 is 29.1 Å². The highest BCUT2D eigenvalue weighted by atomic mass is 35.5. The Kier molecular flexibility index (Phi) is 4.07. The molecule has 18 heavy (non-hydrogen) atoms. The molecule has 4 nitrogen and oxygen atoms in total. The van der Waals surface area contributed by atoms with Crippen LogP contribution in [0.4, 0.5) is 0 Å². The van der Waals surface area contributed by atoms with Crippen LogP contribution in [0.5, 0.6) is 0 Å². The highest BCUT2D eigenvalue weighted by molar-refractivity contribution is 6.34. The van der Waals surface area contributed by atoms with Crippen molar-refractivity contribution in [3.05, 3.63) is 21.9 Å². The van der Waals surface area contributed by atoms with Gasteiger partial charge >= 0.3 is 0 Å². The number of rotatable bonds is 4. The highest BCUT2D eigenvalue weighted by Crippen LogP contribution is 2.31. The minimum absolute atomic E-state index is 0.103. The summed E-state index contributed by atoms with van der Waals surface area (Å²) >= 11 is 11.7. The van der Waals surface area contributed by atoms with Crippen molar-refractivity contribution in [3.63, 3.8) is 0 Å². The van der Waals surface area contributed by atoms with Crippen LogP contribution in [0.15, 0.2) is 6.07 Å². The average Bonchev–Trinajstić information content (AvgIpc) is 3.12. The second kappa shape index (κ2) is 5.41. The number of hydrogen-bond donors (Lipinski definition) is 0. The SMILES string of the molecule is CC(C)N(CC1CC1)C(=O)c1cc(Cl)nnc1Cl. The molecule has 0 atom stereocenters. The Morgan fingerprint density at radius 3 is 2.67 bits per heavy atom. The first-order valence-corrected chi connectivity index (χ1v) is 6.74. The summed E-state index contributed by atoms with van der Waals surface area (Å²) in [5.74, 6) is 0.499. The Hall–Kier alpha value is -0.870. The third-order valence-electron chi connectivity index (χ3n) is 2.99. The Morgan fingerprint density at radius 2 is 2.11 bits per heavy atom. The molecular formula is C12H15Cl2N3O. The predicted octanol–water partition coefficient (Wildman–Crippen LogP) is 3.04. The lowest BCUT2D eigenvalue weighted by molar-refractivity contribution is 0.0695. The highest BCUT2D eigenvalue weighted by Gasteiger charge is 2.29. The summed E-state index contributed by atoms with van der Waals surface area (Å²) in [4.78, 5) is 14.3. The van der Waals surface area contributed by atoms with Gasteiger partial charge in [-0.1, -0.05) is 23.2 Å². The second-order valence-electron chi connectivity index (χ2n) is 4.87. The molecule has 0 unspecified atom stereocenters. The molecule has 1 saturated carbocycles. The molecule has 0 aliphatic heterocycles. The van der Waals surface area contributed by atoms with E-state index in [2.05, 4.69) is 10.2 Å². The maximum Gasteiger partial charge on any atom is 0.257 e. The molecule has 98 valence electrons. The quantitative estimate of drug-likeness (QED) is 0.855. The van der Waals surface area contributed by atoms with Crippen LogP contribution in [0.3, 0.4) is 0 Å². The zero-order valence-corrected chi connectivity index (χ0v) is 11.9. The fraction of sp³-hybridized carbons (Fsp3) is 0.583. The van der Waals surface area contributed by atoms with Crippen molar-refractivity contribution in [2.24, 2.45) is 5.92 Å². The fourth-order valence-electron chi connectivity index (χ4n) is 1.76. The lowest BCUT2D eigenvalue weighted by atomic mass is 10.2. The van der Waals surface area contributed by atoms with Crippen molar-refractivity contribution < 1.29 is 4.79 Å². The number of carbonyl (C=O) groups excluding carboxylic acids is 1. The summed E-state index contributed by atoms with van der Waals surface area (Å²) < 4.78 is 0. The Morgan fingerprint density at radius 1 is 1.44 bits per heavy atom. The Labute approximate surface area is 116 Å². The lowest BCUT2D eigenvalue weighted by Crippen LogP contribution is -2.38. The molecule has 0 N–H and O–H groups in total. The van der Waals surface area contributed by atoms with E-state index in [1.807, 2.05) is 18.7 Å². The summed E-state index contributed by atoms with van der Waals surface area (Å²) in [6.45, 7) is 4.75. The van der Waals surface area contributed by atoms with Crippen LogP contribution in [-0.2, 0) is 0 Å². The van der Waals surface area contributed by atoms with Gasteiger partial charge in [-0.25, -0.2) is 0 Å². The molecule has 1 amide bonds. The number of aromatic nitrogens is 2. The molecular weight excluding hydrogens is 273 g/mol. The standard InChI is InChI=1S/C12H15Cl2N3O/c1-7(2)17(6-8-3-4-8)12(18)9-5-10(13)15-16-11(9)14/h5,7-8H,3-4,6H2,1-2H3. The summed E-state index contributed by atoms with van der Waals surface area (Å²) in [5, 5.41) is 7.57. The zero-order chi connectivity index (χ0) is 13.3. The van der Waals surface area contributed by atoms with Crippen LogP contribution >= 0.6 is 23.2 Å². The first-order valence-electron chi connectivity index (χ1n) is 5.98. The van der Waals surface area contributed by atoms with Crippen LogP contribution in [0.1, 0.15) is 37.0 Å². The van der Waals surface area contributed by atoms with Gasteiger partial charge in [-0.2, -0.15) is 0 Å². The van der Waals surface area contributed by atoms with Crippen LogP contribution in [0.25, 0.3) is 0 Å². The van der Waals surface area contributed by atoms with E-state index < -0.39 is 0 Å². The van der Waals surface area contributed by atoms with Gasteiger partial charge in [0.15, 0.2) is 10.3 Å². The van der Waals surface area contributed by atoms with Gasteiger partial charge in [0.2, 0.25) is 0 Å². The monoisotopic (exact) mass is 287 g/mol. The Bertz CT molecular complexity index is 461. The summed E-state index contributed by atoms with van der Waals surface area (Å²) in [6, 6.07) is 1.60. The molecule has 1 heterocycles. The normalized spacial score (nSPS) is 14.9. The summed E-state index contributed by atoms with van der Waals surface area (Å²) in [5.41, 5.74) is 0.325. The minimum atomic E-state index is -0.126. The van der Waals surface area contributed by atoms with Gasteiger partial charge in [-0.05, 0) is 38.7 Å². The number of carbonyl (C=O) groups is 1. The van der Waals surface area contributed by atoms with Crippen molar-refractivity contribution in [2.45, 2.75) is 32.7 Å². The van der Waals surface area contributed by atoms with Gasteiger partial charge in [-0.15, -0.1) is 10.2 Å². The molecule has 2 rings (SSSR count). The van der Waals surface area contributed by atoms with Crippen LogP contribution < -0.4 is 0 Å². The molecule has 0 saturated heterocycles. The number of amides is 1. The average molecular weight is 288 g/mol. The van der Waals surface area contributed by atoms with Crippen LogP contribution in [0, 0.1) is 5.92 Å². The molecule has 1 aliphatic carbocycles. The van der Waals surface area contributed by atoms with Gasteiger partial charge in [0.25, 0.3) is 5.91 Å². The van der Waals surface area contributed by atoms with E-state index in [0.717, 1.165) is 6.54 Å². The molecule has 1 aromatic rings. The van der Waals surface area contributed by atoms with Crippen molar-refractivity contribution in [1.82, 2.24) is 15.1 Å². The number of hydrogen-bond acceptors (Lipinski definition) is 3. The topological polar surface area (TPSA) is 46.1 Å². The van der Waals surface area contributed by atoms with Crippen molar-refractivity contribution in [1.29, 1.82) is 0 Å². The first-order chi connectivity index (χ1) is 8.49. The van der Waals surface area contributed by atoms with E-state index >= 15 is 0 Å². The predicted molar refractivity (Wildman–Crippen MR) is 70.9 cm³/mol. The molecule has 1 aliphatic rings. The molecule has 0 radical (unpaired) electrons. The molecule has 0 bridgehead atoms. The van der Waals surface area contributed by atoms with E-state index in [1.165, 1.54) is 18.9 Å². The zero-order valence-electron chi connectivity index (χ0n) is 10.4. The molecule has 1 fully saturated rings. The van der Waals surface area contributed by atoms with Gasteiger partial charge in [-0.3, -0.25) is 4.79 Å². The van der Waals surface area contributed by atoms with E-state index in [0.29, 0.717) is 11.5 Å². The van der Waals surface area contributed by atoms with Gasteiger partial charge in [0, 0.05) is 12.6 Å². The molecule has 6 heteroatoms. The number of halogens is 2. The lowest BCUT2D eigenvalue weighted by Gasteiger charge is -2.27. The van der Waals surface area contributed by atoms with E-state index in [4.69, 9.17) is 23.2 Å². The third kappa shape index (κ3) is 3.12. The molecule has 0 aromatic carbocycles. The number of nitrogens with zero attached hydrogens (tertiary/aromatic N) is 3. The molecule has 1 aromatic heterocycles. The van der Waals surface area contributed by atoms with E-state index in [-0.39, 0.29) is 22.3 Å². The van der Waals surface area contributed by atoms with E-state index in [1.54, 1.807) is 0 Å². The third-order valence-corrected chi connectivity index (χ3v) is 3.45. The van der Waals surface area contributed by atoms with Crippen molar-refractivity contribution in [2.75, 3.05) is 6.54 Å². The first kappa shape index (κ1) is 13.6. The smallest absolute Gasteiger partial charge is 0.257 e. The fourth-order valence-corrected chi connectivity index (χ4v) is 2.08. The Balaban J connectivity index is 2.23. The maximum atomic E-state index is 12.4. The maximum absolute atomic E-state index is 12.4. The van der Waals surface area contributed by atoms with Gasteiger partial charge < -0.3 is 4.90 Å². The second-order valence-corrected chi connectivity index (χ2v) is 5.61. The summed E-state index contributed by atoms with van der Waals surface area (Å²) in [6.07, 6.45) is 2.39. The molecule has 0 spiro atoms. The van der Waals surface area contributed by atoms with Gasteiger partial charge in [0.05, 0.1) is 5.56 Å². The van der Waals surface area contributed by atoms with Gasteiger partial charge in [0.1, 0.15) is 0 Å². The summed E-state index contributed by atoms with van der Waals surface area (Å²) in [7, 11) is 0. The van der Waals surface area contributed by atoms with Crippen LogP contribution in [0.2, 0.25) is 10.3 Å². The minimum Gasteiger partial charge on any atom is -0.336 e. The largest absolute Gasteiger partial charge is 0.336 e. The van der Waals surface area contributed by atoms with Crippen molar-refractivity contribution in [3.8, 4) is 0 Å².